The number of ether oxygens (including phenoxy) is 1. The maximum atomic E-state index is 12.4. The summed E-state index contributed by atoms with van der Waals surface area (Å²) >= 11 is 0. The molecule has 1 aromatic carbocycles. The van der Waals surface area contributed by atoms with E-state index in [-0.39, 0.29) is 12.5 Å². The fourth-order valence-electron chi connectivity index (χ4n) is 2.93. The molecule has 23 heavy (non-hydrogen) atoms. The van der Waals surface area contributed by atoms with Crippen molar-refractivity contribution in [3.05, 3.63) is 35.9 Å². The van der Waals surface area contributed by atoms with Gasteiger partial charge in [0.25, 0.3) is 0 Å². The summed E-state index contributed by atoms with van der Waals surface area (Å²) in [5.74, 6) is -0.416. The van der Waals surface area contributed by atoms with Crippen LogP contribution in [0, 0.1) is 5.92 Å². The number of amides is 1. The molecule has 0 bridgehead atoms. The van der Waals surface area contributed by atoms with Gasteiger partial charge in [-0.2, -0.15) is 0 Å². The van der Waals surface area contributed by atoms with E-state index in [0.29, 0.717) is 18.9 Å². The third kappa shape index (κ3) is 6.40. The van der Waals surface area contributed by atoms with Gasteiger partial charge in [0.05, 0.1) is 0 Å². The van der Waals surface area contributed by atoms with Gasteiger partial charge in [-0.3, -0.25) is 9.59 Å². The standard InChI is InChI=1S/C18H25NO4/c20-17(8-4-7-15-9-11-23-12-10-15)19(14-18(21)22)13-16-5-2-1-3-6-16/h1-3,5-6,15H,4,7-14H2,(H,21,22). The molecule has 1 aromatic rings. The Bertz CT molecular complexity index is 497. The van der Waals surface area contributed by atoms with Crippen molar-refractivity contribution in [1.82, 2.24) is 4.90 Å². The highest BCUT2D eigenvalue weighted by Gasteiger charge is 2.18. The van der Waals surface area contributed by atoms with Gasteiger partial charge in [-0.25, -0.2) is 0 Å². The maximum Gasteiger partial charge on any atom is 0.323 e. The molecule has 126 valence electrons. The highest BCUT2D eigenvalue weighted by molar-refractivity contribution is 5.81. The number of rotatable bonds is 8. The van der Waals surface area contributed by atoms with Crippen LogP contribution in [-0.4, -0.2) is 41.6 Å². The van der Waals surface area contributed by atoms with Crippen LogP contribution in [0.3, 0.4) is 0 Å². The van der Waals surface area contributed by atoms with Crippen LogP contribution in [0.4, 0.5) is 0 Å². The SMILES string of the molecule is O=C(O)CN(Cc1ccccc1)C(=O)CCCC1CCOCC1. The zero-order valence-corrected chi connectivity index (χ0v) is 13.4. The second-order valence-corrected chi connectivity index (χ2v) is 6.08. The average Bonchev–Trinajstić information content (AvgIpc) is 2.56. The van der Waals surface area contributed by atoms with E-state index in [1.165, 1.54) is 4.90 Å². The first kappa shape index (κ1) is 17.5. The smallest absolute Gasteiger partial charge is 0.323 e. The number of hydrogen-bond acceptors (Lipinski definition) is 3. The number of carboxylic acids is 1. The van der Waals surface area contributed by atoms with Crippen LogP contribution in [-0.2, 0) is 20.9 Å². The summed E-state index contributed by atoms with van der Waals surface area (Å²) in [5, 5.41) is 9.03. The van der Waals surface area contributed by atoms with E-state index in [1.807, 2.05) is 30.3 Å². The predicted molar refractivity (Wildman–Crippen MR) is 86.9 cm³/mol. The first-order valence-electron chi connectivity index (χ1n) is 8.26. The van der Waals surface area contributed by atoms with E-state index < -0.39 is 5.97 Å². The lowest BCUT2D eigenvalue weighted by molar-refractivity contribution is -0.145. The Labute approximate surface area is 137 Å². The van der Waals surface area contributed by atoms with Gasteiger partial charge in [-0.05, 0) is 37.2 Å². The van der Waals surface area contributed by atoms with Gasteiger partial charge in [0.1, 0.15) is 6.54 Å². The van der Waals surface area contributed by atoms with Crippen molar-refractivity contribution in [2.75, 3.05) is 19.8 Å². The van der Waals surface area contributed by atoms with Crippen LogP contribution in [0.2, 0.25) is 0 Å². The van der Waals surface area contributed by atoms with Gasteiger partial charge in [0.2, 0.25) is 5.91 Å². The fourth-order valence-corrected chi connectivity index (χ4v) is 2.93. The lowest BCUT2D eigenvalue weighted by Gasteiger charge is -2.23. The lowest BCUT2D eigenvalue weighted by atomic mass is 9.94. The molecule has 0 aromatic heterocycles. The molecular weight excluding hydrogens is 294 g/mol. The molecule has 2 rings (SSSR count). The molecule has 1 N–H and O–H groups in total. The largest absolute Gasteiger partial charge is 0.480 e. The summed E-state index contributed by atoms with van der Waals surface area (Å²) in [7, 11) is 0. The zero-order chi connectivity index (χ0) is 16.5. The molecule has 1 fully saturated rings. The molecule has 1 saturated heterocycles. The molecule has 1 heterocycles. The predicted octanol–water partition coefficient (Wildman–Crippen LogP) is 2.70. The number of carbonyl (C=O) groups excluding carboxylic acids is 1. The minimum atomic E-state index is -0.973. The third-order valence-electron chi connectivity index (χ3n) is 4.24. The van der Waals surface area contributed by atoms with Crippen LogP contribution >= 0.6 is 0 Å². The molecule has 0 spiro atoms. The topological polar surface area (TPSA) is 66.8 Å². The number of benzene rings is 1. The van der Waals surface area contributed by atoms with Gasteiger partial charge in [-0.1, -0.05) is 30.3 Å². The highest BCUT2D eigenvalue weighted by Crippen LogP contribution is 2.21. The first-order chi connectivity index (χ1) is 11.1. The maximum absolute atomic E-state index is 12.4. The van der Waals surface area contributed by atoms with Crippen molar-refractivity contribution >= 4 is 11.9 Å². The number of nitrogens with zero attached hydrogens (tertiary/aromatic N) is 1. The van der Waals surface area contributed by atoms with Gasteiger partial charge in [0.15, 0.2) is 0 Å². The normalized spacial score (nSPS) is 15.3. The highest BCUT2D eigenvalue weighted by atomic mass is 16.5. The van der Waals surface area contributed by atoms with Crippen LogP contribution in [0.1, 0.15) is 37.7 Å². The molecule has 0 unspecified atom stereocenters. The van der Waals surface area contributed by atoms with Crippen molar-refractivity contribution in [3.8, 4) is 0 Å². The molecule has 1 aliphatic heterocycles. The van der Waals surface area contributed by atoms with Crippen molar-refractivity contribution in [1.29, 1.82) is 0 Å². The quantitative estimate of drug-likeness (QED) is 0.800. The summed E-state index contributed by atoms with van der Waals surface area (Å²) in [4.78, 5) is 24.8. The Morgan fingerprint density at radius 3 is 2.52 bits per heavy atom. The Hall–Kier alpha value is -1.88. The Kier molecular flexibility index (Phi) is 7.07. The Morgan fingerprint density at radius 2 is 1.87 bits per heavy atom. The Balaban J connectivity index is 1.82. The molecule has 0 saturated carbocycles. The van der Waals surface area contributed by atoms with E-state index in [2.05, 4.69) is 0 Å². The first-order valence-corrected chi connectivity index (χ1v) is 8.26. The van der Waals surface area contributed by atoms with Crippen LogP contribution in [0.5, 0.6) is 0 Å². The second kappa shape index (κ2) is 9.30. The molecule has 0 radical (unpaired) electrons. The summed E-state index contributed by atoms with van der Waals surface area (Å²) in [6.45, 7) is 1.74. The lowest BCUT2D eigenvalue weighted by Crippen LogP contribution is -2.35. The number of aliphatic carboxylic acids is 1. The molecular formula is C18H25NO4. The van der Waals surface area contributed by atoms with Crippen molar-refractivity contribution in [3.63, 3.8) is 0 Å². The summed E-state index contributed by atoms with van der Waals surface area (Å²) < 4.78 is 5.34. The number of carboxylic acid groups (broad SMARTS) is 1. The summed E-state index contributed by atoms with van der Waals surface area (Å²) in [6, 6.07) is 9.50. The summed E-state index contributed by atoms with van der Waals surface area (Å²) in [6.07, 6.45) is 4.38. The van der Waals surface area contributed by atoms with Crippen LogP contribution in [0.25, 0.3) is 0 Å². The molecule has 1 aliphatic rings. The molecule has 5 nitrogen and oxygen atoms in total. The van der Waals surface area contributed by atoms with Crippen molar-refractivity contribution < 1.29 is 19.4 Å². The van der Waals surface area contributed by atoms with E-state index >= 15 is 0 Å². The average molecular weight is 319 g/mol. The van der Waals surface area contributed by atoms with E-state index in [0.717, 1.165) is 44.5 Å². The van der Waals surface area contributed by atoms with E-state index in [4.69, 9.17) is 9.84 Å². The minimum absolute atomic E-state index is 0.0803. The van der Waals surface area contributed by atoms with Crippen LogP contribution in [0.15, 0.2) is 30.3 Å². The van der Waals surface area contributed by atoms with E-state index in [9.17, 15) is 9.59 Å². The van der Waals surface area contributed by atoms with Gasteiger partial charge in [0, 0.05) is 26.2 Å². The Morgan fingerprint density at radius 1 is 1.17 bits per heavy atom. The third-order valence-corrected chi connectivity index (χ3v) is 4.24. The fraction of sp³-hybridized carbons (Fsp3) is 0.556. The monoisotopic (exact) mass is 319 g/mol. The number of hydrogen-bond donors (Lipinski definition) is 1. The van der Waals surface area contributed by atoms with Crippen molar-refractivity contribution in [2.45, 2.75) is 38.6 Å². The molecule has 0 atom stereocenters. The van der Waals surface area contributed by atoms with Gasteiger partial charge in [-0.15, -0.1) is 0 Å². The van der Waals surface area contributed by atoms with E-state index in [1.54, 1.807) is 0 Å². The molecule has 0 aliphatic carbocycles. The van der Waals surface area contributed by atoms with Crippen molar-refractivity contribution in [2.24, 2.45) is 5.92 Å². The van der Waals surface area contributed by atoms with Gasteiger partial charge < -0.3 is 14.7 Å². The molecule has 5 heteroatoms. The second-order valence-electron chi connectivity index (χ2n) is 6.08. The molecule has 1 amide bonds. The zero-order valence-electron chi connectivity index (χ0n) is 13.4. The van der Waals surface area contributed by atoms with Crippen LogP contribution < -0.4 is 0 Å². The number of carbonyl (C=O) groups is 2. The van der Waals surface area contributed by atoms with Gasteiger partial charge >= 0.3 is 5.97 Å². The summed E-state index contributed by atoms with van der Waals surface area (Å²) in [5.41, 5.74) is 0.950. The minimum Gasteiger partial charge on any atom is -0.480 e.